The largest absolute Gasteiger partial charge is 0.358 e. The molecule has 7 heteroatoms. The van der Waals surface area contributed by atoms with Gasteiger partial charge >= 0.3 is 0 Å². The molecule has 0 spiro atoms. The van der Waals surface area contributed by atoms with Crippen LogP contribution in [0, 0.1) is 13.5 Å². The monoisotopic (exact) mass is 407 g/mol. The molecule has 1 aromatic carbocycles. The van der Waals surface area contributed by atoms with Gasteiger partial charge in [0, 0.05) is 39.1 Å². The van der Waals surface area contributed by atoms with Crippen LogP contribution in [0.3, 0.4) is 0 Å². The van der Waals surface area contributed by atoms with Gasteiger partial charge in [-0.1, -0.05) is 5.56 Å². The van der Waals surface area contributed by atoms with Gasteiger partial charge in [0.2, 0.25) is 5.91 Å². The Kier molecular flexibility index (Phi) is 12.7. The van der Waals surface area contributed by atoms with Crippen molar-refractivity contribution in [2.24, 2.45) is 0 Å². The number of hydrogen-bond donors (Lipinski definition) is 0. The molecule has 0 saturated carbocycles. The fourth-order valence-corrected chi connectivity index (χ4v) is 1.93. The number of carbonyl (C=O) groups excluding carboxylic acids is 4. The van der Waals surface area contributed by atoms with Gasteiger partial charge in [-0.15, -0.1) is 24.3 Å². The number of benzene rings is 1. The van der Waals surface area contributed by atoms with Crippen molar-refractivity contribution in [3.8, 4) is 0 Å². The Morgan fingerprint density at radius 2 is 1.79 bits per heavy atom. The van der Waals surface area contributed by atoms with Crippen molar-refractivity contribution in [2.75, 3.05) is 21.1 Å². The van der Waals surface area contributed by atoms with Gasteiger partial charge < -0.3 is 31.6 Å². The van der Waals surface area contributed by atoms with E-state index in [4.69, 9.17) is 0 Å². The minimum absolute atomic E-state index is 0. The zero-order chi connectivity index (χ0) is 16.7. The van der Waals surface area contributed by atoms with Crippen LogP contribution < -0.4 is 0 Å². The van der Waals surface area contributed by atoms with E-state index in [1.165, 1.54) is 12.1 Å². The van der Waals surface area contributed by atoms with E-state index in [-0.39, 0.29) is 64.1 Å². The fourth-order valence-electron chi connectivity index (χ4n) is 1.93. The molecule has 24 heavy (non-hydrogen) atoms. The molecule has 0 saturated heterocycles. The second-order valence-electron chi connectivity index (χ2n) is 5.23. The molecule has 2 rings (SSSR count). The quantitative estimate of drug-likeness (QED) is 0.417. The first kappa shape index (κ1) is 25.0. The molecule has 1 radical (unpaired) electrons. The van der Waals surface area contributed by atoms with Gasteiger partial charge in [0.05, 0.1) is 6.04 Å². The Bertz CT molecular complexity index is 538. The summed E-state index contributed by atoms with van der Waals surface area (Å²) < 4.78 is 0. The van der Waals surface area contributed by atoms with E-state index in [0.717, 1.165) is 4.90 Å². The first-order valence-corrected chi connectivity index (χ1v) is 6.82. The van der Waals surface area contributed by atoms with Crippen LogP contribution in [0.15, 0.2) is 18.2 Å². The first-order chi connectivity index (χ1) is 10.4. The van der Waals surface area contributed by atoms with Gasteiger partial charge in [-0.25, -0.2) is 0 Å². The molecule has 0 aliphatic carbocycles. The van der Waals surface area contributed by atoms with E-state index in [1.807, 2.05) is 26.0 Å². The molecule has 1 unspecified atom stereocenters. The van der Waals surface area contributed by atoms with Crippen molar-refractivity contribution in [3.05, 3.63) is 42.8 Å². The van der Waals surface area contributed by atoms with Crippen molar-refractivity contribution < 1.29 is 51.9 Å². The van der Waals surface area contributed by atoms with Gasteiger partial charge in [-0.2, -0.15) is 0 Å². The molecule has 1 heterocycles. The third kappa shape index (κ3) is 6.34. The number of carbonyl (C=O) groups is 4. The van der Waals surface area contributed by atoms with Crippen molar-refractivity contribution >= 4 is 24.4 Å². The third-order valence-corrected chi connectivity index (χ3v) is 2.81. The van der Waals surface area contributed by atoms with Gasteiger partial charge in [-0.05, 0) is 33.1 Å². The van der Waals surface area contributed by atoms with Crippen LogP contribution in [0.5, 0.6) is 0 Å². The molecule has 129 valence electrons. The molecule has 1 aliphatic heterocycles. The number of imide groups is 1. The van der Waals surface area contributed by atoms with E-state index in [9.17, 15) is 19.2 Å². The van der Waals surface area contributed by atoms with E-state index >= 15 is 0 Å². The van der Waals surface area contributed by atoms with E-state index < -0.39 is 17.9 Å². The van der Waals surface area contributed by atoms with E-state index in [2.05, 4.69) is 6.07 Å². The van der Waals surface area contributed by atoms with Gasteiger partial charge in [0.15, 0.2) is 5.91 Å². The smallest absolute Gasteiger partial charge is 0.210 e. The zero-order valence-electron chi connectivity index (χ0n) is 14.5. The summed E-state index contributed by atoms with van der Waals surface area (Å²) in [6, 6.07) is 6.47. The number of fused-ring (bicyclic) bond motifs is 1. The Morgan fingerprint density at radius 1 is 1.21 bits per heavy atom. The van der Waals surface area contributed by atoms with E-state index in [0.29, 0.717) is 12.6 Å². The second kappa shape index (κ2) is 12.2. The van der Waals surface area contributed by atoms with Crippen LogP contribution in [0.25, 0.3) is 0 Å². The predicted molar refractivity (Wildman–Crippen MR) is 87.0 cm³/mol. The zero-order valence-corrected chi connectivity index (χ0v) is 17.3. The number of aldehydes is 2. The predicted octanol–water partition coefficient (Wildman–Crippen LogP) is 1.25. The van der Waals surface area contributed by atoms with Crippen LogP contribution in [0.2, 0.25) is 0 Å². The Balaban J connectivity index is 0. The summed E-state index contributed by atoms with van der Waals surface area (Å²) in [6.07, 6.45) is 1.45. The minimum atomic E-state index is -0.893. The number of hydrogen-bond acceptors (Lipinski definition) is 5. The first-order valence-electron chi connectivity index (χ1n) is 6.82. The molecule has 1 aromatic rings. The van der Waals surface area contributed by atoms with Crippen LogP contribution in [-0.2, 0) is 42.3 Å². The summed E-state index contributed by atoms with van der Waals surface area (Å²) in [5.41, 5.74) is 0.431. The normalized spacial score (nSPS) is 13.1. The van der Waals surface area contributed by atoms with Crippen molar-refractivity contribution in [2.45, 2.75) is 18.9 Å². The topological polar surface area (TPSA) is 74.8 Å². The molecule has 0 N–H and O–H groups in total. The van der Waals surface area contributed by atoms with Gasteiger partial charge in [0.1, 0.15) is 12.6 Å². The van der Waals surface area contributed by atoms with Gasteiger partial charge in [-0.3, -0.25) is 4.79 Å². The van der Waals surface area contributed by atoms with Gasteiger partial charge in [0.25, 0.3) is 0 Å². The average molecular weight is 407 g/mol. The Hall–Kier alpha value is -1.24. The van der Waals surface area contributed by atoms with Crippen LogP contribution in [-0.4, -0.2) is 61.4 Å². The third-order valence-electron chi connectivity index (χ3n) is 2.81. The Morgan fingerprint density at radius 3 is 2.25 bits per heavy atom. The minimum Gasteiger partial charge on any atom is -0.358 e. The molecule has 0 fully saturated rings. The molecule has 0 bridgehead atoms. The molecular formula is C17H22N2O4Y-2. The maximum Gasteiger partial charge on any atom is 0.210 e. The summed E-state index contributed by atoms with van der Waals surface area (Å²) in [4.78, 5) is 48.2. The molecular weight excluding hydrogens is 385 g/mol. The molecule has 6 nitrogen and oxygen atoms in total. The number of nitrogens with zero attached hydrogens (tertiary/aromatic N) is 2. The summed E-state index contributed by atoms with van der Waals surface area (Å²) in [7, 11) is 6.00. The SMILES string of the molecule is CN(C)C.O=CCCC(C=O)N1C(=O)c2[c-]cccc2C1=O.[CH3-].[Y]. The summed E-state index contributed by atoms with van der Waals surface area (Å²) >= 11 is 0. The number of rotatable bonds is 5. The second-order valence-corrected chi connectivity index (χ2v) is 5.23. The van der Waals surface area contributed by atoms with Crippen molar-refractivity contribution in [1.82, 2.24) is 9.80 Å². The fraction of sp³-hybridized carbons (Fsp3) is 0.353. The molecule has 1 atom stereocenters. The molecule has 0 aromatic heterocycles. The summed E-state index contributed by atoms with van der Waals surface area (Å²) in [5, 5.41) is 0. The van der Waals surface area contributed by atoms with Crippen molar-refractivity contribution in [1.29, 1.82) is 0 Å². The summed E-state index contributed by atoms with van der Waals surface area (Å²) in [6.45, 7) is 0. The van der Waals surface area contributed by atoms with E-state index in [1.54, 1.807) is 6.07 Å². The van der Waals surface area contributed by atoms with Crippen molar-refractivity contribution in [3.63, 3.8) is 0 Å². The van der Waals surface area contributed by atoms with Crippen LogP contribution >= 0.6 is 0 Å². The van der Waals surface area contributed by atoms with Crippen LogP contribution in [0.4, 0.5) is 0 Å². The molecule has 2 amide bonds. The Labute approximate surface area is 168 Å². The maximum atomic E-state index is 12.0. The summed E-state index contributed by atoms with van der Waals surface area (Å²) in [5.74, 6) is -1.03. The number of amides is 2. The van der Waals surface area contributed by atoms with Crippen LogP contribution in [0.1, 0.15) is 33.6 Å². The standard InChI is InChI=1S/C13H10NO4.C3H9N.CH3.Y/c15-7-3-4-9(8-16)14-12(17)10-5-1-2-6-11(10)13(14)18;1-4(2)3;;/h1-2,5,7-9H,3-4H2;1-3H3;1H3;/q-1;;-1;. The maximum absolute atomic E-state index is 12.0. The average Bonchev–Trinajstić information content (AvgIpc) is 2.73. The molecule has 1 aliphatic rings.